The number of esters is 1. The van der Waals surface area contributed by atoms with Crippen LogP contribution in [-0.4, -0.2) is 35.1 Å². The fraction of sp³-hybridized carbons (Fsp3) is 0.875. The monoisotopic (exact) mass is 701 g/mol. The zero-order chi connectivity index (χ0) is 35.2. The van der Waals surface area contributed by atoms with Crippen molar-refractivity contribution < 1.29 is 33.1 Å². The predicted octanol–water partition coefficient (Wildman–Crippen LogP) is 12.8. The van der Waals surface area contributed by atoms with Crippen LogP contribution in [0.4, 0.5) is 0 Å². The van der Waals surface area contributed by atoms with Gasteiger partial charge < -0.3 is 19.3 Å². The first-order valence-electron chi connectivity index (χ1n) is 20.2. The van der Waals surface area contributed by atoms with E-state index >= 15 is 0 Å². The molecule has 2 N–H and O–H groups in total. The number of carbonyl (C=O) groups excluding carboxylic acids is 1. The maximum absolute atomic E-state index is 12.4. The third-order valence-electron chi connectivity index (χ3n) is 8.82. The van der Waals surface area contributed by atoms with Crippen LogP contribution >= 0.6 is 7.82 Å². The number of hydrogen-bond donors (Lipinski definition) is 2. The molecule has 0 aromatic heterocycles. The van der Waals surface area contributed by atoms with Crippen molar-refractivity contribution in [2.75, 3.05) is 13.2 Å². The standard InChI is InChI=1S/C40H77O7P/c1-3-5-7-9-11-13-15-17-19-21-23-25-27-29-31-33-35-40(41)47-39(38-46-48(42,43)44)37-45-36-34-32-30-28-26-24-22-20-18-16-14-12-10-8-6-4-2/h19,21,34,36,39H,3-18,20,22-33,35,37-38H2,1-2H3,(H2,42,43,44)/b21-19-,36-34-/t39-/m1/s1. The zero-order valence-corrected chi connectivity index (χ0v) is 32.3. The smallest absolute Gasteiger partial charge is 0.469 e. The number of phosphoric ester groups is 1. The Hall–Kier alpha value is -1.14. The second-order valence-electron chi connectivity index (χ2n) is 13.7. The Morgan fingerprint density at radius 1 is 0.542 bits per heavy atom. The summed E-state index contributed by atoms with van der Waals surface area (Å²) in [6.07, 6.45) is 44.0. The first-order chi connectivity index (χ1) is 23.4. The number of allylic oxidation sites excluding steroid dienone is 3. The highest BCUT2D eigenvalue weighted by atomic mass is 31.2. The van der Waals surface area contributed by atoms with Crippen molar-refractivity contribution in [3.8, 4) is 0 Å². The highest BCUT2D eigenvalue weighted by Gasteiger charge is 2.21. The molecule has 0 rings (SSSR count). The van der Waals surface area contributed by atoms with Gasteiger partial charge in [-0.1, -0.05) is 167 Å². The molecule has 0 aliphatic carbocycles. The van der Waals surface area contributed by atoms with Crippen LogP contribution in [-0.2, 0) is 23.4 Å². The number of phosphoric acid groups is 1. The van der Waals surface area contributed by atoms with Crippen LogP contribution in [0.15, 0.2) is 24.5 Å². The average molecular weight is 701 g/mol. The quantitative estimate of drug-likeness (QED) is 0.0217. The maximum atomic E-state index is 12.4. The summed E-state index contributed by atoms with van der Waals surface area (Å²) in [6, 6.07) is 0. The van der Waals surface area contributed by atoms with E-state index in [1.807, 2.05) is 6.08 Å². The van der Waals surface area contributed by atoms with E-state index in [2.05, 4.69) is 30.5 Å². The Morgan fingerprint density at radius 3 is 1.33 bits per heavy atom. The molecule has 8 heteroatoms. The lowest BCUT2D eigenvalue weighted by atomic mass is 10.0. The summed E-state index contributed by atoms with van der Waals surface area (Å²) in [7, 11) is -4.67. The van der Waals surface area contributed by atoms with Crippen molar-refractivity contribution >= 4 is 13.8 Å². The van der Waals surface area contributed by atoms with E-state index in [1.165, 1.54) is 141 Å². The molecule has 0 radical (unpaired) electrons. The molecular formula is C40H77O7P. The van der Waals surface area contributed by atoms with Gasteiger partial charge in [0.1, 0.15) is 6.61 Å². The minimum absolute atomic E-state index is 0.00649. The molecule has 0 aliphatic rings. The molecule has 0 spiro atoms. The van der Waals surface area contributed by atoms with Crippen LogP contribution in [0.3, 0.4) is 0 Å². The number of hydrogen-bond acceptors (Lipinski definition) is 5. The Labute approximate surface area is 296 Å². The van der Waals surface area contributed by atoms with Gasteiger partial charge in [-0.3, -0.25) is 9.32 Å². The summed E-state index contributed by atoms with van der Waals surface area (Å²) in [4.78, 5) is 30.5. The van der Waals surface area contributed by atoms with Gasteiger partial charge in [-0.25, -0.2) is 4.57 Å². The second kappa shape index (κ2) is 37.1. The van der Waals surface area contributed by atoms with Crippen molar-refractivity contribution in [1.82, 2.24) is 0 Å². The van der Waals surface area contributed by atoms with Gasteiger partial charge in [0.2, 0.25) is 0 Å². The van der Waals surface area contributed by atoms with Crippen LogP contribution in [0.1, 0.15) is 206 Å². The molecule has 48 heavy (non-hydrogen) atoms. The zero-order valence-electron chi connectivity index (χ0n) is 31.4. The van der Waals surface area contributed by atoms with E-state index in [-0.39, 0.29) is 13.0 Å². The number of ether oxygens (including phenoxy) is 2. The van der Waals surface area contributed by atoms with Crippen molar-refractivity contribution in [2.24, 2.45) is 0 Å². The van der Waals surface area contributed by atoms with Gasteiger partial charge in [-0.15, -0.1) is 0 Å². The number of unbranched alkanes of at least 4 members (excludes halogenated alkanes) is 26. The molecule has 0 aromatic carbocycles. The summed E-state index contributed by atoms with van der Waals surface area (Å²) < 4.78 is 26.7. The van der Waals surface area contributed by atoms with Gasteiger partial charge in [0.25, 0.3) is 0 Å². The third-order valence-corrected chi connectivity index (χ3v) is 9.30. The summed E-state index contributed by atoms with van der Waals surface area (Å²) in [6.45, 7) is 4.11. The minimum Gasteiger partial charge on any atom is -0.498 e. The Morgan fingerprint density at radius 2 is 0.917 bits per heavy atom. The molecule has 0 aromatic rings. The number of carbonyl (C=O) groups is 1. The van der Waals surface area contributed by atoms with Gasteiger partial charge in [0.05, 0.1) is 12.9 Å². The Balaban J connectivity index is 3.86. The largest absolute Gasteiger partial charge is 0.498 e. The van der Waals surface area contributed by atoms with E-state index in [1.54, 1.807) is 6.26 Å². The molecule has 1 atom stereocenters. The van der Waals surface area contributed by atoms with Crippen LogP contribution in [0.25, 0.3) is 0 Å². The normalized spacial score (nSPS) is 12.8. The molecule has 0 aliphatic heterocycles. The topological polar surface area (TPSA) is 102 Å². The highest BCUT2D eigenvalue weighted by molar-refractivity contribution is 7.46. The van der Waals surface area contributed by atoms with Crippen molar-refractivity contribution in [1.29, 1.82) is 0 Å². The van der Waals surface area contributed by atoms with E-state index < -0.39 is 26.5 Å². The molecule has 0 saturated carbocycles. The highest BCUT2D eigenvalue weighted by Crippen LogP contribution is 2.36. The predicted molar refractivity (Wildman–Crippen MR) is 202 cm³/mol. The van der Waals surface area contributed by atoms with Gasteiger partial charge in [0.15, 0.2) is 6.10 Å². The fourth-order valence-corrected chi connectivity index (χ4v) is 6.17. The van der Waals surface area contributed by atoms with Crippen LogP contribution in [0.2, 0.25) is 0 Å². The van der Waals surface area contributed by atoms with Crippen LogP contribution in [0, 0.1) is 0 Å². The van der Waals surface area contributed by atoms with E-state index in [9.17, 15) is 9.36 Å². The Bertz CT molecular complexity index is 780. The number of rotatable bonds is 38. The first kappa shape index (κ1) is 46.9. The molecule has 0 bridgehead atoms. The summed E-state index contributed by atoms with van der Waals surface area (Å²) in [5, 5.41) is 0. The Kier molecular flexibility index (Phi) is 36.2. The van der Waals surface area contributed by atoms with E-state index in [0.717, 1.165) is 44.9 Å². The lowest BCUT2D eigenvalue weighted by molar-refractivity contribution is -0.153. The SMILES string of the molecule is CCCCCCCCC/C=C\CCCCCCCC(=O)O[C@H](CO/C=C\CCCCCCCCCCCCCCCC)COP(=O)(O)O. The molecule has 0 fully saturated rings. The van der Waals surface area contributed by atoms with Gasteiger partial charge in [0, 0.05) is 6.42 Å². The summed E-state index contributed by atoms with van der Waals surface area (Å²) in [5.74, 6) is -0.391. The minimum atomic E-state index is -4.67. The molecule has 0 amide bonds. The summed E-state index contributed by atoms with van der Waals surface area (Å²) in [5.41, 5.74) is 0. The lowest BCUT2D eigenvalue weighted by Crippen LogP contribution is -2.27. The second-order valence-corrected chi connectivity index (χ2v) is 14.9. The van der Waals surface area contributed by atoms with E-state index in [0.29, 0.717) is 0 Å². The van der Waals surface area contributed by atoms with Gasteiger partial charge in [-0.05, 0) is 51.0 Å². The lowest BCUT2D eigenvalue weighted by Gasteiger charge is -2.18. The van der Waals surface area contributed by atoms with E-state index in [4.69, 9.17) is 19.3 Å². The molecule has 284 valence electrons. The average Bonchev–Trinajstić information content (AvgIpc) is 3.06. The third kappa shape index (κ3) is 39.3. The van der Waals surface area contributed by atoms with Crippen molar-refractivity contribution in [3.63, 3.8) is 0 Å². The van der Waals surface area contributed by atoms with Crippen LogP contribution < -0.4 is 0 Å². The molecule has 0 saturated heterocycles. The first-order valence-corrected chi connectivity index (χ1v) is 21.7. The van der Waals surface area contributed by atoms with Crippen LogP contribution in [0.5, 0.6) is 0 Å². The van der Waals surface area contributed by atoms with Gasteiger partial charge >= 0.3 is 13.8 Å². The fourth-order valence-electron chi connectivity index (χ4n) is 5.81. The van der Waals surface area contributed by atoms with Crippen molar-refractivity contribution in [3.05, 3.63) is 24.5 Å². The van der Waals surface area contributed by atoms with Gasteiger partial charge in [-0.2, -0.15) is 0 Å². The summed E-state index contributed by atoms with van der Waals surface area (Å²) >= 11 is 0. The maximum Gasteiger partial charge on any atom is 0.469 e. The molecule has 0 unspecified atom stereocenters. The molecular weight excluding hydrogens is 623 g/mol. The van der Waals surface area contributed by atoms with Crippen molar-refractivity contribution in [2.45, 2.75) is 213 Å². The molecule has 7 nitrogen and oxygen atoms in total. The molecule has 0 heterocycles.